The van der Waals surface area contributed by atoms with Gasteiger partial charge in [-0.15, -0.1) is 10.2 Å². The van der Waals surface area contributed by atoms with Crippen LogP contribution in [0.15, 0.2) is 42.6 Å². The molecule has 5 aromatic rings. The molecule has 3 bridgehead atoms. The summed E-state index contributed by atoms with van der Waals surface area (Å²) in [5.74, 6) is 2.37. The minimum Gasteiger partial charge on any atom is -0.476 e. The number of carboxylic acids is 1. The van der Waals surface area contributed by atoms with E-state index in [0.29, 0.717) is 29.2 Å². The highest BCUT2D eigenvalue weighted by molar-refractivity contribution is 7.22. The number of nitrogens with one attached hydrogen (secondary N) is 1. The van der Waals surface area contributed by atoms with E-state index in [4.69, 9.17) is 19.8 Å². The first-order valence-electron chi connectivity index (χ1n) is 20.6. The van der Waals surface area contributed by atoms with Crippen LogP contribution in [0, 0.1) is 36.5 Å². The predicted molar refractivity (Wildman–Crippen MR) is 216 cm³/mol. The Balaban J connectivity index is 0.830. The van der Waals surface area contributed by atoms with Crippen molar-refractivity contribution >= 4 is 50.1 Å². The summed E-state index contributed by atoms with van der Waals surface area (Å²) >= 11 is 1.58. The molecule has 4 saturated carbocycles. The monoisotopic (exact) mass is 771 g/mol. The van der Waals surface area contributed by atoms with Gasteiger partial charge in [0.1, 0.15) is 5.82 Å². The van der Waals surface area contributed by atoms with Crippen molar-refractivity contribution in [3.8, 4) is 11.1 Å². The smallest absolute Gasteiger partial charge is 0.355 e. The molecule has 5 atom stereocenters. The number of benzene rings is 1. The standard InChI is InChI=1S/C43H49N9O3S/c1-26-30-8-7-15-51(38(30)49-48-37(26)47-40-45-33-9-3-4-10-34(33)56-40)35-12-11-31(36(46-35)39(53)54)32-23-44-52(27(32)2)25-41-18-28-19-42(24-41)29(21-41)22-43(42,20-28)55-17-16-50-13-5-6-14-50/h3-4,9-12,23,28-29H,5-8,13-22,24-25H2,1-2H3,(H,53,54)(H,45,47,48). The second kappa shape index (κ2) is 12.8. The van der Waals surface area contributed by atoms with Crippen molar-refractivity contribution in [1.29, 1.82) is 0 Å². The number of aromatic carboxylic acids is 1. The Morgan fingerprint density at radius 1 is 0.982 bits per heavy atom. The molecule has 4 aliphatic carbocycles. The molecule has 12 nitrogen and oxygen atoms in total. The lowest BCUT2D eigenvalue weighted by Crippen LogP contribution is -2.59. The molecule has 2 aliphatic heterocycles. The zero-order chi connectivity index (χ0) is 37.8. The fourth-order valence-electron chi connectivity index (χ4n) is 12.5. The Morgan fingerprint density at radius 2 is 1.86 bits per heavy atom. The van der Waals surface area contributed by atoms with Gasteiger partial charge in [0.2, 0.25) is 0 Å². The summed E-state index contributed by atoms with van der Waals surface area (Å²) in [7, 11) is 0. The van der Waals surface area contributed by atoms with Gasteiger partial charge in [-0.25, -0.2) is 14.8 Å². The number of thiazole rings is 1. The summed E-state index contributed by atoms with van der Waals surface area (Å²) in [4.78, 5) is 27.0. The van der Waals surface area contributed by atoms with E-state index in [1.807, 2.05) is 41.4 Å². The summed E-state index contributed by atoms with van der Waals surface area (Å²) in [6.07, 6.45) is 13.7. The SMILES string of the molecule is Cc1c(Nc2nc3ccccc3s2)nnc2c1CCCN2c1ccc(-c2cnn(CC34CC5CC6(OCCN7CCCC7)CC(C3)C6(C5)C4)c2C)c(C(=O)O)n1. The third-order valence-electron chi connectivity index (χ3n) is 14.8. The van der Waals surface area contributed by atoms with Crippen molar-refractivity contribution in [1.82, 2.24) is 34.8 Å². The number of hydrogen-bond donors (Lipinski definition) is 2. The second-order valence-electron chi connectivity index (χ2n) is 17.8. The third-order valence-corrected chi connectivity index (χ3v) is 15.7. The lowest BCUT2D eigenvalue weighted by molar-refractivity contribution is -0.213. The molecule has 11 rings (SSSR count). The lowest BCUT2D eigenvalue weighted by Gasteiger charge is -2.58. The lowest BCUT2D eigenvalue weighted by atomic mass is 9.52. The Hall–Kier alpha value is -4.46. The van der Waals surface area contributed by atoms with Gasteiger partial charge in [-0.05, 0) is 133 Å². The van der Waals surface area contributed by atoms with Crippen LogP contribution in [0.2, 0.25) is 0 Å². The third kappa shape index (κ3) is 5.29. The highest BCUT2D eigenvalue weighted by Gasteiger charge is 2.78. The van der Waals surface area contributed by atoms with Crippen LogP contribution in [0.4, 0.5) is 22.6 Å². The fourth-order valence-corrected chi connectivity index (χ4v) is 13.4. The number of likely N-dealkylation sites (tertiary alicyclic amines) is 1. The van der Waals surface area contributed by atoms with E-state index in [0.717, 1.165) is 87.9 Å². The van der Waals surface area contributed by atoms with Crippen molar-refractivity contribution in [2.75, 3.05) is 43.0 Å². The number of para-hydroxylation sites is 1. The zero-order valence-corrected chi connectivity index (χ0v) is 33.1. The van der Waals surface area contributed by atoms with E-state index in [1.165, 1.54) is 64.5 Å². The average Bonchev–Trinajstić information content (AvgIpc) is 4.00. The van der Waals surface area contributed by atoms with E-state index in [9.17, 15) is 9.90 Å². The molecule has 6 aliphatic rings. The average molecular weight is 772 g/mol. The number of carboxylic acid groups (broad SMARTS) is 1. The molecule has 2 N–H and O–H groups in total. The molecule has 4 aromatic heterocycles. The molecular formula is C43H49N9O3S. The summed E-state index contributed by atoms with van der Waals surface area (Å²) in [6.45, 7) is 10.1. The Morgan fingerprint density at radius 3 is 2.71 bits per heavy atom. The van der Waals surface area contributed by atoms with Gasteiger partial charge >= 0.3 is 5.97 Å². The number of hydrogen-bond acceptors (Lipinski definition) is 11. The number of fused-ring (bicyclic) bond motifs is 4. The molecule has 0 amide bonds. The fraction of sp³-hybridized carbons (Fsp3) is 0.535. The highest BCUT2D eigenvalue weighted by Crippen LogP contribution is 2.81. The Bertz CT molecular complexity index is 2350. The topological polar surface area (TPSA) is 134 Å². The van der Waals surface area contributed by atoms with Gasteiger partial charge in [0, 0.05) is 53.0 Å². The van der Waals surface area contributed by atoms with Gasteiger partial charge < -0.3 is 25.0 Å². The number of pyridine rings is 1. The molecule has 0 radical (unpaired) electrons. The number of carbonyl (C=O) groups is 1. The number of aromatic nitrogens is 6. The van der Waals surface area contributed by atoms with Gasteiger partial charge in [0.15, 0.2) is 22.5 Å². The van der Waals surface area contributed by atoms with Gasteiger partial charge in [0.25, 0.3) is 0 Å². The zero-order valence-electron chi connectivity index (χ0n) is 32.3. The van der Waals surface area contributed by atoms with Crippen molar-refractivity contribution in [3.63, 3.8) is 0 Å². The predicted octanol–water partition coefficient (Wildman–Crippen LogP) is 7.94. The minimum absolute atomic E-state index is 0.0265. The molecule has 290 valence electrons. The van der Waals surface area contributed by atoms with Crippen LogP contribution in [-0.4, -0.2) is 84.3 Å². The number of rotatable bonds is 11. The molecule has 56 heavy (non-hydrogen) atoms. The maximum Gasteiger partial charge on any atom is 0.355 e. The largest absolute Gasteiger partial charge is 0.476 e. The van der Waals surface area contributed by atoms with Crippen LogP contribution >= 0.6 is 11.3 Å². The quantitative estimate of drug-likeness (QED) is 0.136. The van der Waals surface area contributed by atoms with Gasteiger partial charge in [-0.1, -0.05) is 23.5 Å². The summed E-state index contributed by atoms with van der Waals surface area (Å²) in [5, 5.41) is 28.9. The first-order chi connectivity index (χ1) is 27.2. The van der Waals surface area contributed by atoms with Crippen molar-refractivity contribution in [2.45, 2.75) is 90.2 Å². The molecule has 6 heterocycles. The molecule has 5 unspecified atom stereocenters. The molecule has 1 aromatic carbocycles. The molecule has 13 heteroatoms. The molecular weight excluding hydrogens is 723 g/mol. The normalized spacial score (nSPS) is 28.9. The van der Waals surface area contributed by atoms with Crippen molar-refractivity contribution < 1.29 is 14.6 Å². The Labute approximate surface area is 330 Å². The molecule has 1 spiro atoms. The van der Waals surface area contributed by atoms with Crippen LogP contribution in [0.3, 0.4) is 0 Å². The van der Waals surface area contributed by atoms with Crippen LogP contribution in [0.1, 0.15) is 85.1 Å². The number of nitrogens with zero attached hydrogens (tertiary/aromatic N) is 8. The van der Waals surface area contributed by atoms with Crippen LogP contribution < -0.4 is 10.2 Å². The van der Waals surface area contributed by atoms with Crippen LogP contribution in [0.5, 0.6) is 0 Å². The summed E-state index contributed by atoms with van der Waals surface area (Å²) in [5.41, 5.74) is 6.13. The first kappa shape index (κ1) is 34.8. The Kier molecular flexibility index (Phi) is 7.93. The van der Waals surface area contributed by atoms with Crippen LogP contribution in [0.25, 0.3) is 21.3 Å². The molecule has 1 saturated heterocycles. The van der Waals surface area contributed by atoms with E-state index >= 15 is 0 Å². The maximum atomic E-state index is 12.9. The van der Waals surface area contributed by atoms with Gasteiger partial charge in [-0.3, -0.25) is 4.68 Å². The van der Waals surface area contributed by atoms with E-state index < -0.39 is 5.97 Å². The van der Waals surface area contributed by atoms with Gasteiger partial charge in [-0.2, -0.15) is 5.10 Å². The van der Waals surface area contributed by atoms with Crippen molar-refractivity contribution in [2.24, 2.45) is 22.7 Å². The number of ether oxygens (including phenoxy) is 1. The van der Waals surface area contributed by atoms with E-state index in [2.05, 4.69) is 45.0 Å². The van der Waals surface area contributed by atoms with E-state index in [-0.39, 0.29) is 16.7 Å². The minimum atomic E-state index is -1.06. The maximum absolute atomic E-state index is 12.9. The first-order valence-corrected chi connectivity index (χ1v) is 21.4. The van der Waals surface area contributed by atoms with Crippen LogP contribution in [-0.2, 0) is 17.7 Å². The highest BCUT2D eigenvalue weighted by atomic mass is 32.1. The van der Waals surface area contributed by atoms with E-state index in [1.54, 1.807) is 11.3 Å². The van der Waals surface area contributed by atoms with Gasteiger partial charge in [0.05, 0.1) is 28.6 Å². The second-order valence-corrected chi connectivity index (χ2v) is 18.9. The number of anilines is 4. The molecule has 5 fully saturated rings. The summed E-state index contributed by atoms with van der Waals surface area (Å²) < 4.78 is 10.2. The summed E-state index contributed by atoms with van der Waals surface area (Å²) in [6, 6.07) is 11.9. The van der Waals surface area contributed by atoms with Crippen molar-refractivity contribution in [3.05, 3.63) is 65.1 Å².